The number of aromatic nitrogens is 1. The van der Waals surface area contributed by atoms with Gasteiger partial charge < -0.3 is 10.5 Å². The molecule has 1 fully saturated rings. The Balaban J connectivity index is 1.93. The highest BCUT2D eigenvalue weighted by molar-refractivity contribution is 5.92. The minimum Gasteiger partial charge on any atom is -0.477 e. The molecule has 86 valence electrons. The molecule has 1 aromatic heterocycles. The van der Waals surface area contributed by atoms with E-state index in [1.54, 1.807) is 18.3 Å². The highest BCUT2D eigenvalue weighted by Gasteiger charge is 2.15. The molecule has 0 atom stereocenters. The first-order chi connectivity index (χ1) is 7.75. The van der Waals surface area contributed by atoms with Crippen molar-refractivity contribution in [3.8, 4) is 5.88 Å². The highest BCUT2D eigenvalue weighted by atomic mass is 16.5. The smallest absolute Gasteiger partial charge is 0.248 e. The van der Waals surface area contributed by atoms with E-state index in [4.69, 9.17) is 10.5 Å². The number of pyridine rings is 1. The molecule has 0 aliphatic heterocycles. The van der Waals surface area contributed by atoms with Gasteiger partial charge >= 0.3 is 0 Å². The first-order valence-corrected chi connectivity index (χ1v) is 5.64. The predicted molar refractivity (Wildman–Crippen MR) is 60.2 cm³/mol. The first-order valence-electron chi connectivity index (χ1n) is 5.64. The lowest BCUT2D eigenvalue weighted by atomic mass is 10.1. The molecule has 1 aliphatic carbocycles. The van der Waals surface area contributed by atoms with E-state index in [0.29, 0.717) is 24.0 Å². The molecule has 0 aromatic carbocycles. The Hall–Kier alpha value is -1.58. The van der Waals surface area contributed by atoms with Crippen LogP contribution in [0.3, 0.4) is 0 Å². The molecule has 0 spiro atoms. The Labute approximate surface area is 94.8 Å². The van der Waals surface area contributed by atoms with Gasteiger partial charge in [0.25, 0.3) is 0 Å². The van der Waals surface area contributed by atoms with Crippen LogP contribution >= 0.6 is 0 Å². The molecule has 1 aromatic rings. The van der Waals surface area contributed by atoms with Gasteiger partial charge in [0.2, 0.25) is 11.8 Å². The Morgan fingerprint density at radius 1 is 1.50 bits per heavy atom. The van der Waals surface area contributed by atoms with Gasteiger partial charge in [-0.1, -0.05) is 12.8 Å². The molecule has 1 saturated carbocycles. The lowest BCUT2D eigenvalue weighted by Gasteiger charge is -2.10. The van der Waals surface area contributed by atoms with Gasteiger partial charge in [0.1, 0.15) is 0 Å². The van der Waals surface area contributed by atoms with Gasteiger partial charge in [-0.3, -0.25) is 4.79 Å². The van der Waals surface area contributed by atoms with E-state index in [1.807, 2.05) is 0 Å². The third-order valence-electron chi connectivity index (χ3n) is 2.96. The zero-order valence-electron chi connectivity index (χ0n) is 9.19. The largest absolute Gasteiger partial charge is 0.477 e. The number of primary amides is 1. The third kappa shape index (κ3) is 2.72. The van der Waals surface area contributed by atoms with E-state index in [1.165, 1.54) is 25.7 Å². The van der Waals surface area contributed by atoms with Crippen LogP contribution in [0.5, 0.6) is 5.88 Å². The molecule has 4 nitrogen and oxygen atoms in total. The Morgan fingerprint density at radius 2 is 2.25 bits per heavy atom. The van der Waals surface area contributed by atoms with Crippen molar-refractivity contribution in [2.75, 3.05) is 6.61 Å². The van der Waals surface area contributed by atoms with Crippen molar-refractivity contribution in [3.05, 3.63) is 23.9 Å². The number of rotatable bonds is 4. The summed E-state index contributed by atoms with van der Waals surface area (Å²) in [5.74, 6) is 0.676. The Morgan fingerprint density at radius 3 is 2.94 bits per heavy atom. The van der Waals surface area contributed by atoms with E-state index in [0.717, 1.165) is 0 Å². The minimum atomic E-state index is -0.451. The van der Waals surface area contributed by atoms with Crippen LogP contribution in [-0.4, -0.2) is 17.5 Å². The number of hydrogen-bond acceptors (Lipinski definition) is 3. The van der Waals surface area contributed by atoms with Crippen molar-refractivity contribution in [1.82, 2.24) is 4.98 Å². The van der Waals surface area contributed by atoms with Crippen LogP contribution < -0.4 is 10.5 Å². The maximum atomic E-state index is 11.0. The summed E-state index contributed by atoms with van der Waals surface area (Å²) in [6, 6.07) is 3.18. The monoisotopic (exact) mass is 220 g/mol. The fourth-order valence-corrected chi connectivity index (χ4v) is 2.02. The summed E-state index contributed by atoms with van der Waals surface area (Å²) in [6.45, 7) is 0.690. The molecule has 1 aliphatic rings. The number of carbonyl (C=O) groups is 1. The van der Waals surface area contributed by atoms with E-state index in [-0.39, 0.29) is 0 Å². The molecule has 0 bridgehead atoms. The molecule has 2 rings (SSSR count). The topological polar surface area (TPSA) is 65.2 Å². The summed E-state index contributed by atoms with van der Waals surface area (Å²) in [5, 5.41) is 0. The summed E-state index contributed by atoms with van der Waals surface area (Å²) in [7, 11) is 0. The first kappa shape index (κ1) is 10.9. The third-order valence-corrected chi connectivity index (χ3v) is 2.96. The van der Waals surface area contributed by atoms with Gasteiger partial charge in [0, 0.05) is 17.8 Å². The van der Waals surface area contributed by atoms with Crippen molar-refractivity contribution in [2.24, 2.45) is 11.7 Å². The summed E-state index contributed by atoms with van der Waals surface area (Å²) >= 11 is 0. The number of nitrogens with two attached hydrogens (primary N) is 1. The van der Waals surface area contributed by atoms with E-state index in [2.05, 4.69) is 4.98 Å². The average molecular weight is 220 g/mol. The molecule has 0 radical (unpaired) electrons. The number of carbonyl (C=O) groups excluding carboxylic acids is 1. The predicted octanol–water partition coefficient (Wildman–Crippen LogP) is 1.75. The molecule has 1 heterocycles. The van der Waals surface area contributed by atoms with E-state index < -0.39 is 5.91 Å². The van der Waals surface area contributed by atoms with Gasteiger partial charge in [-0.15, -0.1) is 0 Å². The fraction of sp³-hybridized carbons (Fsp3) is 0.500. The maximum Gasteiger partial charge on any atom is 0.248 e. The van der Waals surface area contributed by atoms with Crippen molar-refractivity contribution < 1.29 is 9.53 Å². The Kier molecular flexibility index (Phi) is 3.39. The second-order valence-corrected chi connectivity index (χ2v) is 4.21. The Bertz CT molecular complexity index is 373. The average Bonchev–Trinajstić information content (AvgIpc) is 2.79. The van der Waals surface area contributed by atoms with Gasteiger partial charge in [-0.05, 0) is 24.8 Å². The normalized spacial score (nSPS) is 16.2. The van der Waals surface area contributed by atoms with Gasteiger partial charge in [0.15, 0.2) is 0 Å². The maximum absolute atomic E-state index is 11.0. The van der Waals surface area contributed by atoms with Crippen molar-refractivity contribution >= 4 is 5.91 Å². The second-order valence-electron chi connectivity index (χ2n) is 4.21. The summed E-state index contributed by atoms with van der Waals surface area (Å²) < 4.78 is 5.56. The lowest BCUT2D eigenvalue weighted by molar-refractivity contribution is 0.0999. The summed E-state index contributed by atoms with van der Waals surface area (Å²) in [6.07, 6.45) is 6.60. The molecule has 1 amide bonds. The van der Waals surface area contributed by atoms with Crippen LogP contribution in [0.4, 0.5) is 0 Å². The van der Waals surface area contributed by atoms with Gasteiger partial charge in [-0.2, -0.15) is 0 Å². The standard InChI is InChI=1S/C12H16N2O2/c13-12(15)10-5-6-14-11(7-10)16-8-9-3-1-2-4-9/h5-7,9H,1-4,8H2,(H2,13,15). The molecular formula is C12H16N2O2. The molecule has 0 unspecified atom stereocenters. The minimum absolute atomic E-state index is 0.441. The summed E-state index contributed by atoms with van der Waals surface area (Å²) in [5.41, 5.74) is 5.62. The molecule has 16 heavy (non-hydrogen) atoms. The van der Waals surface area contributed by atoms with Crippen LogP contribution in [-0.2, 0) is 0 Å². The zero-order valence-corrected chi connectivity index (χ0v) is 9.19. The number of nitrogens with zero attached hydrogens (tertiary/aromatic N) is 1. The zero-order chi connectivity index (χ0) is 11.4. The molecular weight excluding hydrogens is 204 g/mol. The van der Waals surface area contributed by atoms with Crippen molar-refractivity contribution in [2.45, 2.75) is 25.7 Å². The van der Waals surface area contributed by atoms with Crippen LogP contribution in [0.25, 0.3) is 0 Å². The fourth-order valence-electron chi connectivity index (χ4n) is 2.02. The molecule has 4 heteroatoms. The molecule has 2 N–H and O–H groups in total. The summed E-state index contributed by atoms with van der Waals surface area (Å²) in [4.78, 5) is 15.0. The van der Waals surface area contributed by atoms with Crippen molar-refractivity contribution in [3.63, 3.8) is 0 Å². The second kappa shape index (κ2) is 4.96. The number of amides is 1. The van der Waals surface area contributed by atoms with Gasteiger partial charge in [-0.25, -0.2) is 4.98 Å². The van der Waals surface area contributed by atoms with Crippen LogP contribution in [0.1, 0.15) is 36.0 Å². The van der Waals surface area contributed by atoms with Crippen molar-refractivity contribution in [1.29, 1.82) is 0 Å². The van der Waals surface area contributed by atoms with E-state index >= 15 is 0 Å². The quantitative estimate of drug-likeness (QED) is 0.840. The highest BCUT2D eigenvalue weighted by Crippen LogP contribution is 2.25. The van der Waals surface area contributed by atoms with Gasteiger partial charge in [0.05, 0.1) is 6.61 Å². The van der Waals surface area contributed by atoms with Crippen LogP contribution in [0, 0.1) is 5.92 Å². The molecule has 0 saturated heterocycles. The van der Waals surface area contributed by atoms with E-state index in [9.17, 15) is 4.79 Å². The lowest BCUT2D eigenvalue weighted by Crippen LogP contribution is -2.12. The number of hydrogen-bond donors (Lipinski definition) is 1. The van der Waals surface area contributed by atoms with Crippen LogP contribution in [0.15, 0.2) is 18.3 Å². The SMILES string of the molecule is NC(=O)c1ccnc(OCC2CCCC2)c1. The number of ether oxygens (including phenoxy) is 1. The van der Waals surface area contributed by atoms with Crippen LogP contribution in [0.2, 0.25) is 0 Å².